The molecule has 1 aliphatic carbocycles. The van der Waals surface area contributed by atoms with Crippen LogP contribution in [-0.2, 0) is 12.8 Å². The monoisotopic (exact) mass is 262 g/mol. The third-order valence-electron chi connectivity index (χ3n) is 3.93. The minimum Gasteiger partial charge on any atom is -0.207 e. The van der Waals surface area contributed by atoms with Gasteiger partial charge in [0.05, 0.1) is 0 Å². The Kier molecular flexibility index (Phi) is 3.16. The van der Waals surface area contributed by atoms with Crippen LogP contribution in [0.2, 0.25) is 0 Å². The molecule has 0 saturated carbocycles. The van der Waals surface area contributed by atoms with Crippen molar-refractivity contribution in [2.45, 2.75) is 19.3 Å². The van der Waals surface area contributed by atoms with E-state index in [1.54, 1.807) is 12.1 Å². The molecule has 0 radical (unpaired) electrons. The standard InChI is InChI=1S/C19H15F/c1-3-14-6-5-9-18(20)17(14)12-16-8-4-7-15-11-10-13(2)19(15)16/h1,4-9H,2,10-12H2. The number of fused-ring (bicyclic) bond motifs is 1. The first-order chi connectivity index (χ1) is 9.70. The van der Waals surface area contributed by atoms with Gasteiger partial charge in [-0.15, -0.1) is 6.42 Å². The molecule has 2 aromatic carbocycles. The van der Waals surface area contributed by atoms with Crippen LogP contribution in [0.5, 0.6) is 0 Å². The predicted molar refractivity (Wildman–Crippen MR) is 80.9 cm³/mol. The Morgan fingerprint density at radius 2 is 1.95 bits per heavy atom. The average molecular weight is 262 g/mol. The summed E-state index contributed by atoms with van der Waals surface area (Å²) in [5.41, 5.74) is 6.01. The van der Waals surface area contributed by atoms with Gasteiger partial charge in [0.15, 0.2) is 0 Å². The van der Waals surface area contributed by atoms with Gasteiger partial charge in [-0.2, -0.15) is 0 Å². The number of aryl methyl sites for hydroxylation is 1. The summed E-state index contributed by atoms with van der Waals surface area (Å²) in [5.74, 6) is 2.34. The van der Waals surface area contributed by atoms with E-state index in [-0.39, 0.29) is 5.82 Å². The van der Waals surface area contributed by atoms with E-state index in [2.05, 4.69) is 18.6 Å². The van der Waals surface area contributed by atoms with Gasteiger partial charge in [0, 0.05) is 17.5 Å². The average Bonchev–Trinajstić information content (AvgIpc) is 2.84. The van der Waals surface area contributed by atoms with Crippen LogP contribution in [0, 0.1) is 18.2 Å². The fourth-order valence-corrected chi connectivity index (χ4v) is 2.94. The zero-order valence-electron chi connectivity index (χ0n) is 11.2. The largest absolute Gasteiger partial charge is 0.207 e. The third kappa shape index (κ3) is 2.04. The van der Waals surface area contributed by atoms with E-state index in [1.807, 2.05) is 12.1 Å². The summed E-state index contributed by atoms with van der Waals surface area (Å²) in [6.07, 6.45) is 8.02. The van der Waals surface area contributed by atoms with Gasteiger partial charge >= 0.3 is 0 Å². The van der Waals surface area contributed by atoms with Gasteiger partial charge in [-0.1, -0.05) is 36.8 Å². The molecule has 0 aromatic heterocycles. The van der Waals surface area contributed by atoms with Crippen molar-refractivity contribution in [2.24, 2.45) is 0 Å². The number of rotatable bonds is 2. The number of halogens is 1. The normalized spacial score (nSPS) is 13.1. The minimum absolute atomic E-state index is 0.235. The van der Waals surface area contributed by atoms with Crippen molar-refractivity contribution in [3.8, 4) is 12.3 Å². The lowest BCUT2D eigenvalue weighted by Gasteiger charge is -2.11. The predicted octanol–water partition coefficient (Wildman–Crippen LogP) is 4.36. The molecule has 0 amide bonds. The highest BCUT2D eigenvalue weighted by atomic mass is 19.1. The summed E-state index contributed by atoms with van der Waals surface area (Å²) in [7, 11) is 0. The Labute approximate surface area is 119 Å². The maximum atomic E-state index is 14.1. The first kappa shape index (κ1) is 12.7. The molecule has 0 nitrogen and oxygen atoms in total. The Bertz CT molecular complexity index is 732. The molecule has 0 N–H and O–H groups in total. The summed E-state index contributed by atoms with van der Waals surface area (Å²) in [4.78, 5) is 0. The summed E-state index contributed by atoms with van der Waals surface area (Å²) in [6, 6.07) is 11.1. The van der Waals surface area contributed by atoms with Gasteiger partial charge in [0.2, 0.25) is 0 Å². The fourth-order valence-electron chi connectivity index (χ4n) is 2.94. The minimum atomic E-state index is -0.235. The topological polar surface area (TPSA) is 0 Å². The summed E-state index contributed by atoms with van der Waals surface area (Å²) in [6.45, 7) is 4.13. The summed E-state index contributed by atoms with van der Waals surface area (Å²) < 4.78 is 14.1. The van der Waals surface area contributed by atoms with Crippen LogP contribution in [-0.4, -0.2) is 0 Å². The highest BCUT2D eigenvalue weighted by Gasteiger charge is 2.19. The van der Waals surface area contributed by atoms with Crippen LogP contribution >= 0.6 is 0 Å². The highest BCUT2D eigenvalue weighted by Crippen LogP contribution is 2.35. The molecule has 0 spiro atoms. The molecule has 20 heavy (non-hydrogen) atoms. The van der Waals surface area contributed by atoms with Gasteiger partial charge in [0.1, 0.15) is 5.82 Å². The quantitative estimate of drug-likeness (QED) is 0.705. The van der Waals surface area contributed by atoms with Gasteiger partial charge in [-0.25, -0.2) is 4.39 Å². The number of benzene rings is 2. The van der Waals surface area contributed by atoms with Crippen LogP contribution in [0.25, 0.3) is 5.57 Å². The number of terminal acetylenes is 1. The first-order valence-corrected chi connectivity index (χ1v) is 6.73. The zero-order chi connectivity index (χ0) is 14.1. The Morgan fingerprint density at radius 3 is 2.75 bits per heavy atom. The van der Waals surface area contributed by atoms with Crippen LogP contribution in [0.1, 0.15) is 34.2 Å². The van der Waals surface area contributed by atoms with E-state index in [0.29, 0.717) is 17.5 Å². The SMILES string of the molecule is C#Cc1cccc(F)c1Cc1cccc2c1C(=C)CC2. The number of allylic oxidation sites excluding steroid dienone is 1. The van der Waals surface area contributed by atoms with Crippen molar-refractivity contribution in [2.75, 3.05) is 0 Å². The van der Waals surface area contributed by atoms with Crippen LogP contribution in [0.15, 0.2) is 43.0 Å². The summed E-state index contributed by atoms with van der Waals surface area (Å²) >= 11 is 0. The second kappa shape index (κ2) is 4.98. The molecule has 1 aliphatic rings. The van der Waals surface area contributed by atoms with Crippen LogP contribution in [0.3, 0.4) is 0 Å². The number of hydrogen-bond donors (Lipinski definition) is 0. The molecule has 98 valence electrons. The van der Waals surface area contributed by atoms with Crippen molar-refractivity contribution in [3.63, 3.8) is 0 Å². The van der Waals surface area contributed by atoms with E-state index in [0.717, 1.165) is 24.0 Å². The zero-order valence-corrected chi connectivity index (χ0v) is 11.2. The number of hydrogen-bond acceptors (Lipinski definition) is 0. The van der Waals surface area contributed by atoms with Crippen LogP contribution < -0.4 is 0 Å². The smallest absolute Gasteiger partial charge is 0.127 e. The molecule has 0 fully saturated rings. The molecule has 3 rings (SSSR count). The molecule has 0 atom stereocenters. The fraction of sp³-hybridized carbons (Fsp3) is 0.158. The Balaban J connectivity index is 2.08. The van der Waals surface area contributed by atoms with Crippen molar-refractivity contribution in [1.82, 2.24) is 0 Å². The molecule has 0 bridgehead atoms. The van der Waals surface area contributed by atoms with Crippen molar-refractivity contribution < 1.29 is 4.39 Å². The third-order valence-corrected chi connectivity index (χ3v) is 3.93. The van der Waals surface area contributed by atoms with Gasteiger partial charge in [-0.3, -0.25) is 0 Å². The molecule has 1 heteroatoms. The van der Waals surface area contributed by atoms with Crippen molar-refractivity contribution >= 4 is 5.57 Å². The summed E-state index contributed by atoms with van der Waals surface area (Å²) in [5, 5.41) is 0. The lowest BCUT2D eigenvalue weighted by Crippen LogP contribution is -2.00. The highest BCUT2D eigenvalue weighted by molar-refractivity contribution is 5.73. The van der Waals surface area contributed by atoms with E-state index in [9.17, 15) is 4.39 Å². The van der Waals surface area contributed by atoms with E-state index < -0.39 is 0 Å². The lowest BCUT2D eigenvalue weighted by molar-refractivity contribution is 0.613. The Hall–Kier alpha value is -2.33. The van der Waals surface area contributed by atoms with E-state index in [1.165, 1.54) is 17.2 Å². The van der Waals surface area contributed by atoms with Crippen molar-refractivity contribution in [1.29, 1.82) is 0 Å². The maximum Gasteiger partial charge on any atom is 0.127 e. The molecule has 0 heterocycles. The van der Waals surface area contributed by atoms with E-state index in [4.69, 9.17) is 6.42 Å². The second-order valence-corrected chi connectivity index (χ2v) is 5.14. The molecule has 0 saturated heterocycles. The van der Waals surface area contributed by atoms with Gasteiger partial charge in [0.25, 0.3) is 0 Å². The Morgan fingerprint density at radius 1 is 1.15 bits per heavy atom. The molecule has 2 aromatic rings. The molecule has 0 unspecified atom stereocenters. The van der Waals surface area contributed by atoms with Gasteiger partial charge < -0.3 is 0 Å². The molecular formula is C19H15F. The van der Waals surface area contributed by atoms with Crippen molar-refractivity contribution in [3.05, 3.63) is 76.6 Å². The second-order valence-electron chi connectivity index (χ2n) is 5.14. The lowest BCUT2D eigenvalue weighted by atomic mass is 9.93. The van der Waals surface area contributed by atoms with Gasteiger partial charge in [-0.05, 0) is 47.2 Å². The van der Waals surface area contributed by atoms with E-state index >= 15 is 0 Å². The molecular weight excluding hydrogens is 247 g/mol. The maximum absolute atomic E-state index is 14.1. The molecule has 0 aliphatic heterocycles. The van der Waals surface area contributed by atoms with Crippen LogP contribution in [0.4, 0.5) is 4.39 Å². The first-order valence-electron chi connectivity index (χ1n) is 6.73.